The maximum atomic E-state index is 6.31. The Bertz CT molecular complexity index is 720. The zero-order valence-corrected chi connectivity index (χ0v) is 17.0. The van der Waals surface area contributed by atoms with Crippen LogP contribution in [0.25, 0.3) is 0 Å². The fourth-order valence-corrected chi connectivity index (χ4v) is 3.57. The number of hydrogen-bond acceptors (Lipinski definition) is 3. The summed E-state index contributed by atoms with van der Waals surface area (Å²) in [6, 6.07) is 5.55. The number of hydrogen-bond donors (Lipinski definition) is 0. The molecule has 136 valence electrons. The Kier molecular flexibility index (Phi) is 6.97. The fourth-order valence-electron chi connectivity index (χ4n) is 2.94. The lowest BCUT2D eigenvalue weighted by Crippen LogP contribution is -2.06. The number of methoxy groups -OCH3 is 1. The van der Waals surface area contributed by atoms with E-state index >= 15 is 0 Å². The van der Waals surface area contributed by atoms with Gasteiger partial charge in [0, 0.05) is 16.3 Å². The Morgan fingerprint density at radius 1 is 1.04 bits per heavy atom. The standard InChI is InChI=1S/C20H25Cl2NO2/c1-6-14(7-2)10-15-9-13(4)23-20(19(15)24-5)25-18-12(3)8-16(21)11-17(18)22/h8-9,11,14H,6-7,10H2,1-5H3. The topological polar surface area (TPSA) is 31.4 Å². The average Bonchev–Trinajstić information content (AvgIpc) is 2.55. The summed E-state index contributed by atoms with van der Waals surface area (Å²) < 4.78 is 11.7. The molecule has 25 heavy (non-hydrogen) atoms. The molecule has 0 spiro atoms. The van der Waals surface area contributed by atoms with Crippen molar-refractivity contribution in [2.75, 3.05) is 7.11 Å². The number of ether oxygens (including phenoxy) is 2. The Morgan fingerprint density at radius 2 is 1.72 bits per heavy atom. The molecule has 0 aliphatic rings. The lowest BCUT2D eigenvalue weighted by molar-refractivity contribution is 0.359. The molecule has 1 aromatic carbocycles. The second kappa shape index (κ2) is 8.77. The predicted octanol–water partition coefficient (Wildman–Crippen LogP) is 6.78. The van der Waals surface area contributed by atoms with Crippen molar-refractivity contribution in [3.8, 4) is 17.4 Å². The first kappa shape index (κ1) is 19.9. The van der Waals surface area contributed by atoms with Crippen molar-refractivity contribution in [1.29, 1.82) is 0 Å². The van der Waals surface area contributed by atoms with Crippen LogP contribution in [0.4, 0.5) is 0 Å². The van der Waals surface area contributed by atoms with Crippen LogP contribution in [0.15, 0.2) is 18.2 Å². The molecule has 5 heteroatoms. The monoisotopic (exact) mass is 381 g/mol. The molecule has 2 rings (SSSR count). The van der Waals surface area contributed by atoms with Crippen LogP contribution in [0.1, 0.15) is 43.5 Å². The molecule has 0 N–H and O–H groups in total. The van der Waals surface area contributed by atoms with Crippen LogP contribution in [0.3, 0.4) is 0 Å². The number of benzene rings is 1. The van der Waals surface area contributed by atoms with Gasteiger partial charge in [-0.2, -0.15) is 0 Å². The summed E-state index contributed by atoms with van der Waals surface area (Å²) in [5.41, 5.74) is 2.85. The molecule has 0 radical (unpaired) electrons. The summed E-state index contributed by atoms with van der Waals surface area (Å²) >= 11 is 12.4. The van der Waals surface area contributed by atoms with Crippen molar-refractivity contribution in [1.82, 2.24) is 4.98 Å². The van der Waals surface area contributed by atoms with Gasteiger partial charge >= 0.3 is 0 Å². The van der Waals surface area contributed by atoms with Crippen LogP contribution in [0.2, 0.25) is 10.0 Å². The zero-order chi connectivity index (χ0) is 18.6. The molecular weight excluding hydrogens is 357 g/mol. The highest BCUT2D eigenvalue weighted by molar-refractivity contribution is 6.35. The van der Waals surface area contributed by atoms with Crippen molar-refractivity contribution in [3.63, 3.8) is 0 Å². The van der Waals surface area contributed by atoms with E-state index in [1.807, 2.05) is 19.9 Å². The van der Waals surface area contributed by atoms with E-state index in [9.17, 15) is 0 Å². The van der Waals surface area contributed by atoms with E-state index in [4.69, 9.17) is 32.7 Å². The first-order valence-corrected chi connectivity index (χ1v) is 9.33. The number of aryl methyl sites for hydroxylation is 2. The SMILES string of the molecule is CCC(CC)Cc1cc(C)nc(Oc2c(C)cc(Cl)cc2Cl)c1OC. The predicted molar refractivity (Wildman–Crippen MR) is 105 cm³/mol. The van der Waals surface area contributed by atoms with Crippen molar-refractivity contribution < 1.29 is 9.47 Å². The number of pyridine rings is 1. The summed E-state index contributed by atoms with van der Waals surface area (Å²) in [6.07, 6.45) is 3.18. The van der Waals surface area contributed by atoms with Gasteiger partial charge in [0.15, 0.2) is 11.5 Å². The normalized spacial score (nSPS) is 11.0. The van der Waals surface area contributed by atoms with Gasteiger partial charge in [-0.1, -0.05) is 49.9 Å². The summed E-state index contributed by atoms with van der Waals surface area (Å²) in [7, 11) is 1.64. The average molecular weight is 382 g/mol. The van der Waals surface area contributed by atoms with Gasteiger partial charge in [0.05, 0.1) is 12.1 Å². The molecule has 0 bridgehead atoms. The van der Waals surface area contributed by atoms with E-state index in [0.717, 1.165) is 36.1 Å². The molecule has 1 aromatic heterocycles. The lowest BCUT2D eigenvalue weighted by atomic mass is 9.94. The van der Waals surface area contributed by atoms with E-state index < -0.39 is 0 Å². The maximum Gasteiger partial charge on any atom is 0.263 e. The molecule has 2 aromatic rings. The van der Waals surface area contributed by atoms with Gasteiger partial charge in [0.25, 0.3) is 5.88 Å². The third-order valence-corrected chi connectivity index (χ3v) is 4.91. The molecule has 3 nitrogen and oxygen atoms in total. The summed E-state index contributed by atoms with van der Waals surface area (Å²) in [5, 5.41) is 1.03. The van der Waals surface area contributed by atoms with Crippen LogP contribution in [0.5, 0.6) is 17.4 Å². The lowest BCUT2D eigenvalue weighted by Gasteiger charge is -2.19. The van der Waals surface area contributed by atoms with Gasteiger partial charge in [-0.05, 0) is 49.9 Å². The number of nitrogens with zero attached hydrogens (tertiary/aromatic N) is 1. The number of aromatic nitrogens is 1. The van der Waals surface area contributed by atoms with E-state index in [-0.39, 0.29) is 0 Å². The highest BCUT2D eigenvalue weighted by Gasteiger charge is 2.19. The second-order valence-electron chi connectivity index (χ2n) is 6.28. The highest BCUT2D eigenvalue weighted by Crippen LogP contribution is 2.40. The van der Waals surface area contributed by atoms with Crippen LogP contribution in [-0.4, -0.2) is 12.1 Å². The number of rotatable bonds is 7. The Hall–Kier alpha value is -1.45. The van der Waals surface area contributed by atoms with Crippen molar-refractivity contribution in [2.24, 2.45) is 5.92 Å². The largest absolute Gasteiger partial charge is 0.491 e. The molecule has 0 unspecified atom stereocenters. The fraction of sp³-hybridized carbons (Fsp3) is 0.450. The van der Waals surface area contributed by atoms with Crippen LogP contribution in [-0.2, 0) is 6.42 Å². The van der Waals surface area contributed by atoms with E-state index in [1.54, 1.807) is 13.2 Å². The van der Waals surface area contributed by atoms with Crippen LogP contribution in [0, 0.1) is 19.8 Å². The van der Waals surface area contributed by atoms with Gasteiger partial charge < -0.3 is 9.47 Å². The minimum Gasteiger partial charge on any atom is -0.491 e. The molecular formula is C20H25Cl2NO2. The van der Waals surface area contributed by atoms with Gasteiger partial charge in [-0.25, -0.2) is 4.98 Å². The van der Waals surface area contributed by atoms with Crippen molar-refractivity contribution in [2.45, 2.75) is 47.0 Å². The summed E-state index contributed by atoms with van der Waals surface area (Å²) in [6.45, 7) is 8.28. The van der Waals surface area contributed by atoms with Gasteiger partial charge in [0.1, 0.15) is 0 Å². The first-order chi connectivity index (χ1) is 11.9. The molecule has 0 aliphatic carbocycles. The molecule has 0 amide bonds. The summed E-state index contributed by atoms with van der Waals surface area (Å²) in [4.78, 5) is 4.52. The smallest absolute Gasteiger partial charge is 0.263 e. The molecule has 0 saturated heterocycles. The van der Waals surface area contributed by atoms with Crippen molar-refractivity contribution in [3.05, 3.63) is 45.1 Å². The molecule has 0 saturated carbocycles. The third kappa shape index (κ3) is 4.80. The first-order valence-electron chi connectivity index (χ1n) is 8.57. The minimum atomic E-state index is 0.441. The Morgan fingerprint density at radius 3 is 2.28 bits per heavy atom. The molecule has 0 atom stereocenters. The quantitative estimate of drug-likeness (QED) is 0.529. The van der Waals surface area contributed by atoms with Crippen LogP contribution >= 0.6 is 23.2 Å². The number of halogens is 2. The summed E-state index contributed by atoms with van der Waals surface area (Å²) in [5.74, 6) is 2.26. The molecule has 0 aliphatic heterocycles. The van der Waals surface area contributed by atoms with Gasteiger partial charge in [0.2, 0.25) is 0 Å². The van der Waals surface area contributed by atoms with Gasteiger partial charge in [-0.15, -0.1) is 0 Å². The van der Waals surface area contributed by atoms with Gasteiger partial charge in [-0.3, -0.25) is 0 Å². The third-order valence-electron chi connectivity index (χ3n) is 4.41. The maximum absolute atomic E-state index is 6.31. The highest BCUT2D eigenvalue weighted by atomic mass is 35.5. The Balaban J connectivity index is 2.46. The molecule has 0 fully saturated rings. The molecule has 1 heterocycles. The second-order valence-corrected chi connectivity index (χ2v) is 7.13. The van der Waals surface area contributed by atoms with Crippen molar-refractivity contribution >= 4 is 23.2 Å². The van der Waals surface area contributed by atoms with E-state index in [2.05, 4.69) is 24.9 Å². The zero-order valence-electron chi connectivity index (χ0n) is 15.5. The van der Waals surface area contributed by atoms with E-state index in [0.29, 0.717) is 33.3 Å². The Labute approximate surface area is 160 Å². The van der Waals surface area contributed by atoms with E-state index in [1.165, 1.54) is 0 Å². The minimum absolute atomic E-state index is 0.441. The van der Waals surface area contributed by atoms with Crippen LogP contribution < -0.4 is 9.47 Å².